The summed E-state index contributed by atoms with van der Waals surface area (Å²) in [4.78, 5) is 34.3. The Bertz CT molecular complexity index is 645. The molecule has 0 saturated carbocycles. The molecule has 2 amide bonds. The molecule has 2 rings (SSSR count). The molecular weight excluding hydrogens is 310 g/mol. The topological polar surface area (TPSA) is 80.6 Å². The van der Waals surface area contributed by atoms with Gasteiger partial charge in [-0.25, -0.2) is 14.6 Å². The van der Waals surface area contributed by atoms with Crippen LogP contribution in [0.25, 0.3) is 0 Å². The number of hydrogen-bond donors (Lipinski definition) is 0. The molecule has 0 atom stereocenters. The Kier molecular flexibility index (Phi) is 4.64. The van der Waals surface area contributed by atoms with Gasteiger partial charge in [-0.1, -0.05) is 0 Å². The molecule has 7 heteroatoms. The molecule has 0 aromatic rings. The summed E-state index contributed by atoms with van der Waals surface area (Å²) in [5, 5.41) is 0. The highest BCUT2D eigenvalue weighted by atomic mass is 16.6. The summed E-state index contributed by atoms with van der Waals surface area (Å²) < 4.78 is 10.7. The molecule has 0 N–H and O–H groups in total. The minimum Gasteiger partial charge on any atom is -0.443 e. The van der Waals surface area contributed by atoms with Gasteiger partial charge in [0.15, 0.2) is 0 Å². The summed E-state index contributed by atoms with van der Waals surface area (Å²) in [7, 11) is 0. The van der Waals surface area contributed by atoms with Gasteiger partial charge in [0, 0.05) is 24.4 Å². The zero-order valence-corrected chi connectivity index (χ0v) is 14.9. The summed E-state index contributed by atoms with van der Waals surface area (Å²) in [6.45, 7) is 10.4. The lowest BCUT2D eigenvalue weighted by molar-refractivity contribution is 0.00819. The maximum absolute atomic E-state index is 12.5. The molecule has 0 aromatic carbocycles. The van der Waals surface area contributed by atoms with Crippen molar-refractivity contribution in [2.45, 2.75) is 59.2 Å². The highest BCUT2D eigenvalue weighted by molar-refractivity contribution is 6.13. The first-order valence-corrected chi connectivity index (χ1v) is 7.74. The second-order valence-corrected chi connectivity index (χ2v) is 7.48. The van der Waals surface area contributed by atoms with Crippen LogP contribution >= 0.6 is 0 Å². The monoisotopic (exact) mass is 333 g/mol. The van der Waals surface area contributed by atoms with Gasteiger partial charge in [0.1, 0.15) is 17.0 Å². The van der Waals surface area contributed by atoms with Crippen molar-refractivity contribution in [2.75, 3.05) is 0 Å². The Morgan fingerprint density at radius 2 is 1.58 bits per heavy atom. The first kappa shape index (κ1) is 17.9. The molecule has 0 aromatic heterocycles. The minimum atomic E-state index is -0.826. The second kappa shape index (κ2) is 6.22. The van der Waals surface area contributed by atoms with Crippen LogP contribution in [-0.4, -0.2) is 40.2 Å². The van der Waals surface area contributed by atoms with Crippen molar-refractivity contribution in [3.63, 3.8) is 0 Å². The van der Waals surface area contributed by atoms with Crippen molar-refractivity contribution < 1.29 is 19.1 Å². The lowest BCUT2D eigenvalue weighted by Crippen LogP contribution is -2.42. The van der Waals surface area contributed by atoms with Crippen molar-refractivity contribution in [2.24, 2.45) is 9.98 Å². The normalized spacial score (nSPS) is 16.7. The lowest BCUT2D eigenvalue weighted by Gasteiger charge is -2.28. The molecule has 0 unspecified atom stereocenters. The molecule has 0 fully saturated rings. The zero-order valence-electron chi connectivity index (χ0n) is 14.9. The smallest absolute Gasteiger partial charge is 0.425 e. The first-order chi connectivity index (χ1) is 11.0. The Hall–Kier alpha value is -2.44. The quantitative estimate of drug-likeness (QED) is 0.730. The fourth-order valence-electron chi connectivity index (χ4n) is 2.00. The van der Waals surface area contributed by atoms with E-state index in [0.29, 0.717) is 6.42 Å². The Balaban J connectivity index is 2.32. The van der Waals surface area contributed by atoms with Crippen molar-refractivity contribution in [3.05, 3.63) is 23.7 Å². The molecule has 2 aliphatic rings. The van der Waals surface area contributed by atoms with Crippen LogP contribution < -0.4 is 0 Å². The molecule has 0 aliphatic carbocycles. The van der Waals surface area contributed by atoms with Crippen molar-refractivity contribution >= 4 is 24.1 Å². The Morgan fingerprint density at radius 3 is 2.04 bits per heavy atom. The second-order valence-electron chi connectivity index (χ2n) is 7.48. The highest BCUT2D eigenvalue weighted by Gasteiger charge is 2.36. The van der Waals surface area contributed by atoms with Crippen LogP contribution in [-0.2, 0) is 9.47 Å². The van der Waals surface area contributed by atoms with E-state index in [9.17, 15) is 9.59 Å². The molecule has 2 aliphatic heterocycles. The van der Waals surface area contributed by atoms with E-state index in [2.05, 4.69) is 9.98 Å². The van der Waals surface area contributed by atoms with Gasteiger partial charge in [-0.05, 0) is 47.6 Å². The van der Waals surface area contributed by atoms with Gasteiger partial charge >= 0.3 is 12.2 Å². The van der Waals surface area contributed by atoms with Crippen LogP contribution in [0.1, 0.15) is 48.0 Å². The van der Waals surface area contributed by atoms with Crippen LogP contribution in [0.4, 0.5) is 9.59 Å². The van der Waals surface area contributed by atoms with Crippen molar-refractivity contribution in [3.8, 4) is 0 Å². The standard InChI is InChI=1S/C17H23N3O4/c1-16(2,3)23-14(21)20(15(22)24-17(4,5)6)13-9-11-10-18-8-7-12(11)19-13/h8-10H,7H2,1-6H3. The average Bonchev–Trinajstić information content (AvgIpc) is 2.77. The van der Waals surface area contributed by atoms with E-state index in [1.807, 2.05) is 0 Å². The Morgan fingerprint density at radius 1 is 1.04 bits per heavy atom. The summed E-state index contributed by atoms with van der Waals surface area (Å²) >= 11 is 0. The number of carbonyl (C=O) groups excluding carboxylic acids is 2. The predicted molar refractivity (Wildman–Crippen MR) is 91.0 cm³/mol. The van der Waals surface area contributed by atoms with Crippen molar-refractivity contribution in [1.82, 2.24) is 4.90 Å². The van der Waals surface area contributed by atoms with Gasteiger partial charge < -0.3 is 9.47 Å². The molecule has 2 heterocycles. The molecule has 0 radical (unpaired) electrons. The van der Waals surface area contributed by atoms with Crippen LogP contribution in [0.2, 0.25) is 0 Å². The van der Waals surface area contributed by atoms with E-state index >= 15 is 0 Å². The van der Waals surface area contributed by atoms with Gasteiger partial charge in [0.05, 0.1) is 5.71 Å². The predicted octanol–water partition coefficient (Wildman–Crippen LogP) is 3.81. The van der Waals surface area contributed by atoms with Gasteiger partial charge in [0.25, 0.3) is 0 Å². The Labute approximate surface area is 141 Å². The van der Waals surface area contributed by atoms with E-state index in [1.165, 1.54) is 0 Å². The zero-order chi connectivity index (χ0) is 18.1. The molecular formula is C17H23N3O4. The number of allylic oxidation sites excluding steroid dienone is 2. The molecule has 0 bridgehead atoms. The fourth-order valence-corrected chi connectivity index (χ4v) is 2.00. The maximum Gasteiger partial charge on any atom is 0.425 e. The SMILES string of the molecule is CC(C)(C)OC(=O)N(C(=O)OC(C)(C)C)C1=CC2=CN=CCC2=N1. The number of hydrogen-bond acceptors (Lipinski definition) is 6. The van der Waals surface area contributed by atoms with Gasteiger partial charge in [0.2, 0.25) is 0 Å². The fraction of sp³-hybridized carbons (Fsp3) is 0.529. The number of amides is 2. The maximum atomic E-state index is 12.5. The number of aliphatic imine (C=N–C) groups is 2. The summed E-state index contributed by atoms with van der Waals surface area (Å²) in [6.07, 6.45) is 3.87. The largest absolute Gasteiger partial charge is 0.443 e. The van der Waals surface area contributed by atoms with Crippen LogP contribution in [0.3, 0.4) is 0 Å². The summed E-state index contributed by atoms with van der Waals surface area (Å²) in [5.74, 6) is 0.172. The third-order valence-electron chi connectivity index (χ3n) is 2.85. The van der Waals surface area contributed by atoms with Crippen LogP contribution in [0.5, 0.6) is 0 Å². The number of nitrogens with zero attached hydrogens (tertiary/aromatic N) is 3. The summed E-state index contributed by atoms with van der Waals surface area (Å²) in [5.41, 5.74) is 0.0131. The van der Waals surface area contributed by atoms with Crippen LogP contribution in [0.15, 0.2) is 33.7 Å². The lowest BCUT2D eigenvalue weighted by atomic mass is 10.1. The van der Waals surface area contributed by atoms with E-state index in [4.69, 9.17) is 9.47 Å². The van der Waals surface area contributed by atoms with E-state index in [-0.39, 0.29) is 5.82 Å². The van der Waals surface area contributed by atoms with Gasteiger partial charge in [-0.3, -0.25) is 4.99 Å². The first-order valence-electron chi connectivity index (χ1n) is 7.74. The van der Waals surface area contributed by atoms with Crippen molar-refractivity contribution in [1.29, 1.82) is 0 Å². The minimum absolute atomic E-state index is 0.172. The third-order valence-corrected chi connectivity index (χ3v) is 2.85. The van der Waals surface area contributed by atoms with E-state index in [1.54, 1.807) is 60.0 Å². The summed E-state index contributed by atoms with van der Waals surface area (Å²) in [6, 6.07) is 0. The molecule has 0 spiro atoms. The molecule has 0 saturated heterocycles. The number of fused-ring (bicyclic) bond motifs is 1. The van der Waals surface area contributed by atoms with Gasteiger partial charge in [-0.15, -0.1) is 0 Å². The van der Waals surface area contributed by atoms with Gasteiger partial charge in [-0.2, -0.15) is 4.90 Å². The number of ether oxygens (including phenoxy) is 2. The number of imide groups is 1. The molecule has 24 heavy (non-hydrogen) atoms. The van der Waals surface area contributed by atoms with E-state index in [0.717, 1.165) is 16.2 Å². The molecule has 7 nitrogen and oxygen atoms in total. The molecule has 130 valence electrons. The number of carbonyl (C=O) groups is 2. The number of rotatable bonds is 1. The van der Waals surface area contributed by atoms with Crippen LogP contribution in [0, 0.1) is 0 Å². The third kappa shape index (κ3) is 4.53. The average molecular weight is 333 g/mol. The highest BCUT2D eigenvalue weighted by Crippen LogP contribution is 2.26. The van der Waals surface area contributed by atoms with E-state index < -0.39 is 23.4 Å².